The van der Waals surface area contributed by atoms with Crippen LogP contribution in [0.15, 0.2) is 5.38 Å². The first-order chi connectivity index (χ1) is 6.50. The number of nitrogens with zero attached hydrogens (tertiary/aromatic N) is 1. The second-order valence-corrected chi connectivity index (χ2v) is 4.74. The van der Waals surface area contributed by atoms with Gasteiger partial charge in [0.25, 0.3) is 0 Å². The summed E-state index contributed by atoms with van der Waals surface area (Å²) >= 11 is 1.52. The van der Waals surface area contributed by atoms with Crippen LogP contribution in [-0.2, 0) is 11.2 Å². The van der Waals surface area contributed by atoms with Gasteiger partial charge >= 0.3 is 0 Å². The van der Waals surface area contributed by atoms with Crippen LogP contribution >= 0.6 is 11.3 Å². The van der Waals surface area contributed by atoms with Crippen LogP contribution in [0.2, 0.25) is 0 Å². The van der Waals surface area contributed by atoms with E-state index in [4.69, 9.17) is 5.73 Å². The minimum Gasteiger partial charge on any atom is -0.321 e. The van der Waals surface area contributed by atoms with Crippen LogP contribution in [0.4, 0.5) is 0 Å². The third kappa shape index (κ3) is 2.89. The van der Waals surface area contributed by atoms with Gasteiger partial charge in [0.15, 0.2) is 5.78 Å². The lowest BCUT2D eigenvalue weighted by Gasteiger charge is -2.12. The molecule has 0 aliphatic rings. The van der Waals surface area contributed by atoms with Crippen molar-refractivity contribution in [1.82, 2.24) is 4.98 Å². The summed E-state index contributed by atoms with van der Waals surface area (Å²) in [6, 6.07) is -0.362. The second-order valence-electron chi connectivity index (χ2n) is 3.80. The minimum atomic E-state index is -0.362. The fourth-order valence-corrected chi connectivity index (χ4v) is 1.90. The van der Waals surface area contributed by atoms with Crippen molar-refractivity contribution in [2.75, 3.05) is 0 Å². The second kappa shape index (κ2) is 4.66. The molecule has 1 heterocycles. The number of ketones is 1. The van der Waals surface area contributed by atoms with E-state index in [0.717, 1.165) is 10.7 Å². The number of carbonyl (C=O) groups excluding carboxylic acids is 1. The van der Waals surface area contributed by atoms with E-state index >= 15 is 0 Å². The highest BCUT2D eigenvalue weighted by Crippen LogP contribution is 2.11. The molecule has 0 fully saturated rings. The highest BCUT2D eigenvalue weighted by Gasteiger charge is 2.18. The van der Waals surface area contributed by atoms with E-state index in [9.17, 15) is 4.79 Å². The van der Waals surface area contributed by atoms with E-state index in [0.29, 0.717) is 6.42 Å². The maximum atomic E-state index is 11.6. The first kappa shape index (κ1) is 11.3. The number of rotatable bonds is 4. The van der Waals surface area contributed by atoms with Gasteiger partial charge in [-0.2, -0.15) is 0 Å². The molecule has 1 aromatic heterocycles. The molecule has 1 rings (SSSR count). The van der Waals surface area contributed by atoms with Gasteiger partial charge in [-0.1, -0.05) is 13.8 Å². The third-order valence-corrected chi connectivity index (χ3v) is 3.05. The number of carbonyl (C=O) groups is 1. The Bertz CT molecular complexity index is 320. The van der Waals surface area contributed by atoms with Gasteiger partial charge in [0.2, 0.25) is 0 Å². The standard InChI is InChI=1S/C10H16N2OS/c1-6(2)10(11)8(13)4-9-12-7(3)5-14-9/h5-6,10H,4,11H2,1-3H3. The Kier molecular flexibility index (Phi) is 3.77. The molecule has 0 bridgehead atoms. The van der Waals surface area contributed by atoms with Crippen LogP contribution in [0, 0.1) is 12.8 Å². The van der Waals surface area contributed by atoms with Gasteiger partial charge < -0.3 is 5.73 Å². The van der Waals surface area contributed by atoms with E-state index < -0.39 is 0 Å². The van der Waals surface area contributed by atoms with E-state index in [-0.39, 0.29) is 17.7 Å². The van der Waals surface area contributed by atoms with Gasteiger partial charge in [0.05, 0.1) is 12.5 Å². The molecule has 1 unspecified atom stereocenters. The minimum absolute atomic E-state index is 0.0781. The van der Waals surface area contributed by atoms with Gasteiger partial charge in [0.1, 0.15) is 5.01 Å². The first-order valence-electron chi connectivity index (χ1n) is 4.70. The van der Waals surface area contributed by atoms with Crippen LogP contribution in [-0.4, -0.2) is 16.8 Å². The zero-order valence-electron chi connectivity index (χ0n) is 8.78. The summed E-state index contributed by atoms with van der Waals surface area (Å²) in [5, 5.41) is 2.81. The van der Waals surface area contributed by atoms with Crippen LogP contribution in [0.25, 0.3) is 0 Å². The van der Waals surface area contributed by atoms with Crippen LogP contribution in [0.5, 0.6) is 0 Å². The highest BCUT2D eigenvalue weighted by atomic mass is 32.1. The number of hydrogen-bond donors (Lipinski definition) is 1. The maximum absolute atomic E-state index is 11.6. The highest BCUT2D eigenvalue weighted by molar-refractivity contribution is 7.09. The predicted octanol–water partition coefficient (Wildman–Crippen LogP) is 1.55. The summed E-state index contributed by atoms with van der Waals surface area (Å²) in [5.74, 6) is 0.276. The molecule has 0 amide bonds. The zero-order chi connectivity index (χ0) is 10.7. The zero-order valence-corrected chi connectivity index (χ0v) is 9.60. The van der Waals surface area contributed by atoms with E-state index in [1.807, 2.05) is 26.2 Å². The first-order valence-corrected chi connectivity index (χ1v) is 5.58. The van der Waals surface area contributed by atoms with Gasteiger partial charge in [-0.25, -0.2) is 4.98 Å². The van der Waals surface area contributed by atoms with Crippen molar-refractivity contribution in [2.45, 2.75) is 33.2 Å². The van der Waals surface area contributed by atoms with E-state index in [1.165, 1.54) is 11.3 Å². The Morgan fingerprint density at radius 2 is 2.29 bits per heavy atom. The molecule has 1 aromatic rings. The Morgan fingerprint density at radius 3 is 2.71 bits per heavy atom. The molecule has 0 saturated carbocycles. The van der Waals surface area contributed by atoms with E-state index in [1.54, 1.807) is 0 Å². The molecule has 1 atom stereocenters. The molecule has 0 aromatic carbocycles. The number of hydrogen-bond acceptors (Lipinski definition) is 4. The lowest BCUT2D eigenvalue weighted by Crippen LogP contribution is -2.36. The fraction of sp³-hybridized carbons (Fsp3) is 0.600. The molecule has 0 radical (unpaired) electrons. The molecule has 0 saturated heterocycles. The van der Waals surface area contributed by atoms with Crippen molar-refractivity contribution in [1.29, 1.82) is 0 Å². The summed E-state index contributed by atoms with van der Waals surface area (Å²) in [7, 11) is 0. The summed E-state index contributed by atoms with van der Waals surface area (Å²) in [5.41, 5.74) is 6.71. The average Bonchev–Trinajstić information content (AvgIpc) is 2.49. The molecule has 4 heteroatoms. The SMILES string of the molecule is Cc1csc(CC(=O)C(N)C(C)C)n1. The van der Waals surface area contributed by atoms with E-state index in [2.05, 4.69) is 4.98 Å². The number of thiazole rings is 1. The van der Waals surface area contributed by atoms with Gasteiger partial charge in [0, 0.05) is 11.1 Å². The normalized spacial score (nSPS) is 13.2. The topological polar surface area (TPSA) is 56.0 Å². The lowest BCUT2D eigenvalue weighted by molar-refractivity contribution is -0.120. The smallest absolute Gasteiger partial charge is 0.156 e. The van der Waals surface area contributed by atoms with Crippen molar-refractivity contribution in [3.8, 4) is 0 Å². The molecule has 0 spiro atoms. The predicted molar refractivity (Wildman–Crippen MR) is 58.4 cm³/mol. The van der Waals surface area contributed by atoms with Crippen molar-refractivity contribution in [2.24, 2.45) is 11.7 Å². The molecule has 0 aliphatic carbocycles. The Hall–Kier alpha value is -0.740. The van der Waals surface area contributed by atoms with Crippen LogP contribution < -0.4 is 5.73 Å². The lowest BCUT2D eigenvalue weighted by atomic mass is 9.99. The monoisotopic (exact) mass is 212 g/mol. The molecular formula is C10H16N2OS. The van der Waals surface area contributed by atoms with Crippen molar-refractivity contribution in [3.63, 3.8) is 0 Å². The fourth-order valence-electron chi connectivity index (χ4n) is 1.12. The number of aromatic nitrogens is 1. The summed E-state index contributed by atoms with van der Waals surface area (Å²) in [6.45, 7) is 5.83. The third-order valence-electron chi connectivity index (χ3n) is 2.08. The van der Waals surface area contributed by atoms with Crippen molar-refractivity contribution >= 4 is 17.1 Å². The Balaban J connectivity index is 2.57. The molecule has 2 N–H and O–H groups in total. The van der Waals surface area contributed by atoms with Gasteiger partial charge in [-0.15, -0.1) is 11.3 Å². The molecular weight excluding hydrogens is 196 g/mol. The summed E-state index contributed by atoms with van der Waals surface area (Å²) in [4.78, 5) is 15.8. The quantitative estimate of drug-likeness (QED) is 0.823. The maximum Gasteiger partial charge on any atom is 0.156 e. The largest absolute Gasteiger partial charge is 0.321 e. The van der Waals surface area contributed by atoms with Crippen LogP contribution in [0.1, 0.15) is 24.5 Å². The summed E-state index contributed by atoms with van der Waals surface area (Å²) in [6.07, 6.45) is 0.373. The molecule has 0 aliphatic heterocycles. The van der Waals surface area contributed by atoms with Crippen molar-refractivity contribution < 1.29 is 4.79 Å². The Labute approximate surface area is 88.3 Å². The number of aryl methyl sites for hydroxylation is 1. The molecule has 3 nitrogen and oxygen atoms in total. The Morgan fingerprint density at radius 1 is 1.64 bits per heavy atom. The number of Topliss-reactive ketones (excluding diaryl/α,β-unsaturated/α-hetero) is 1. The average molecular weight is 212 g/mol. The van der Waals surface area contributed by atoms with Crippen LogP contribution in [0.3, 0.4) is 0 Å². The van der Waals surface area contributed by atoms with Gasteiger partial charge in [-0.3, -0.25) is 4.79 Å². The summed E-state index contributed by atoms with van der Waals surface area (Å²) < 4.78 is 0. The van der Waals surface area contributed by atoms with Crippen molar-refractivity contribution in [3.05, 3.63) is 16.1 Å². The van der Waals surface area contributed by atoms with Gasteiger partial charge in [-0.05, 0) is 12.8 Å². The molecule has 14 heavy (non-hydrogen) atoms. The molecule has 78 valence electrons. The number of nitrogens with two attached hydrogens (primary N) is 1.